The van der Waals surface area contributed by atoms with Crippen molar-refractivity contribution in [3.63, 3.8) is 0 Å². The summed E-state index contributed by atoms with van der Waals surface area (Å²) in [4.78, 5) is 4.45. The Bertz CT molecular complexity index is 573. The van der Waals surface area contributed by atoms with Gasteiger partial charge in [0.05, 0.1) is 18.9 Å². The largest absolute Gasteiger partial charge is 0.396 e. The van der Waals surface area contributed by atoms with Crippen molar-refractivity contribution in [2.45, 2.75) is 19.8 Å². The lowest BCUT2D eigenvalue weighted by Crippen LogP contribution is -2.40. The zero-order chi connectivity index (χ0) is 17.1. The predicted octanol–water partition coefficient (Wildman–Crippen LogP) is 0.752. The Hall–Kier alpha value is -1.60. The molecule has 0 aliphatic carbocycles. The maximum absolute atomic E-state index is 11.5. The number of benzene rings is 1. The average molecular weight is 341 g/mol. The van der Waals surface area contributed by atoms with Crippen LogP contribution in [0.3, 0.4) is 0 Å². The first kappa shape index (κ1) is 19.4. The molecule has 6 nitrogen and oxygen atoms in total. The summed E-state index contributed by atoms with van der Waals surface area (Å²) >= 11 is 0. The van der Waals surface area contributed by atoms with E-state index in [1.165, 1.54) is 0 Å². The molecule has 0 aromatic heterocycles. The number of guanidine groups is 1. The van der Waals surface area contributed by atoms with Crippen molar-refractivity contribution in [1.29, 1.82) is 0 Å². The summed E-state index contributed by atoms with van der Waals surface area (Å²) in [6.45, 7) is 5.02. The lowest BCUT2D eigenvalue weighted by atomic mass is 10.0. The van der Waals surface area contributed by atoms with Gasteiger partial charge >= 0.3 is 0 Å². The quantitative estimate of drug-likeness (QED) is 0.455. The van der Waals surface area contributed by atoms with E-state index in [9.17, 15) is 13.5 Å². The van der Waals surface area contributed by atoms with Crippen molar-refractivity contribution < 1.29 is 13.5 Å². The summed E-state index contributed by atoms with van der Waals surface area (Å²) in [6, 6.07) is 9.72. The van der Waals surface area contributed by atoms with Gasteiger partial charge in [0.1, 0.15) is 0 Å². The van der Waals surface area contributed by atoms with Crippen LogP contribution < -0.4 is 10.6 Å². The first-order valence-corrected chi connectivity index (χ1v) is 9.73. The molecule has 1 aromatic rings. The number of hydrogen-bond acceptors (Lipinski definition) is 4. The molecule has 0 bridgehead atoms. The van der Waals surface area contributed by atoms with Crippen molar-refractivity contribution in [2.24, 2.45) is 4.99 Å². The Morgan fingerprint density at radius 3 is 2.48 bits per heavy atom. The summed E-state index contributed by atoms with van der Waals surface area (Å²) < 4.78 is 23.0. The molecule has 0 saturated heterocycles. The summed E-state index contributed by atoms with van der Waals surface area (Å²) in [5.74, 6) is 0.707. The number of nitrogens with zero attached hydrogens (tertiary/aromatic N) is 1. The topological polar surface area (TPSA) is 90.8 Å². The van der Waals surface area contributed by atoms with Crippen molar-refractivity contribution in [1.82, 2.24) is 10.6 Å². The second-order valence-corrected chi connectivity index (χ2v) is 7.65. The summed E-state index contributed by atoms with van der Waals surface area (Å²) in [5.41, 5.74) is 1.03. The van der Waals surface area contributed by atoms with Crippen LogP contribution in [-0.4, -0.2) is 57.2 Å². The standard InChI is InChI=1S/C16H27N3O3S/c1-3-17-16(18-10-11-23(21,22)4-2)19-12-15(13-20)14-8-6-5-7-9-14/h5-9,15,20H,3-4,10-13H2,1-2H3,(H2,17,18,19). The van der Waals surface area contributed by atoms with Gasteiger partial charge in [0, 0.05) is 24.8 Å². The van der Waals surface area contributed by atoms with E-state index >= 15 is 0 Å². The molecule has 3 N–H and O–H groups in total. The van der Waals surface area contributed by atoms with Gasteiger partial charge in [-0.15, -0.1) is 0 Å². The molecular weight excluding hydrogens is 314 g/mol. The SMILES string of the molecule is CCNC(=NCC(CO)c1ccccc1)NCCS(=O)(=O)CC. The average Bonchev–Trinajstić information content (AvgIpc) is 2.56. The number of nitrogens with one attached hydrogen (secondary N) is 2. The second-order valence-electron chi connectivity index (χ2n) is 5.17. The molecule has 1 atom stereocenters. The Labute approximate surface area is 138 Å². The van der Waals surface area contributed by atoms with Gasteiger partial charge in [-0.25, -0.2) is 8.42 Å². The number of rotatable bonds is 9. The Balaban J connectivity index is 2.63. The van der Waals surface area contributed by atoms with E-state index < -0.39 is 9.84 Å². The highest BCUT2D eigenvalue weighted by molar-refractivity contribution is 7.91. The molecule has 0 fully saturated rings. The van der Waals surface area contributed by atoms with Gasteiger partial charge in [0.15, 0.2) is 15.8 Å². The zero-order valence-corrected chi connectivity index (χ0v) is 14.6. The first-order valence-electron chi connectivity index (χ1n) is 7.90. The number of sulfone groups is 1. The number of aliphatic hydroxyl groups is 1. The molecule has 23 heavy (non-hydrogen) atoms. The maximum atomic E-state index is 11.5. The Morgan fingerprint density at radius 1 is 1.22 bits per heavy atom. The third kappa shape index (κ3) is 7.47. The van der Waals surface area contributed by atoms with Crippen LogP contribution in [0.2, 0.25) is 0 Å². The van der Waals surface area contributed by atoms with Crippen molar-refractivity contribution in [2.75, 3.05) is 37.7 Å². The van der Waals surface area contributed by atoms with Crippen LogP contribution in [0.4, 0.5) is 0 Å². The van der Waals surface area contributed by atoms with Gasteiger partial charge in [0.25, 0.3) is 0 Å². The third-order valence-electron chi connectivity index (χ3n) is 3.45. The van der Waals surface area contributed by atoms with Crippen molar-refractivity contribution >= 4 is 15.8 Å². The van der Waals surface area contributed by atoms with Crippen LogP contribution in [0.25, 0.3) is 0 Å². The molecule has 0 saturated carbocycles. The van der Waals surface area contributed by atoms with E-state index in [1.54, 1.807) is 6.92 Å². The fourth-order valence-electron chi connectivity index (χ4n) is 2.01. The second kappa shape index (κ2) is 10.2. The van der Waals surface area contributed by atoms with Crippen LogP contribution in [-0.2, 0) is 9.84 Å². The summed E-state index contributed by atoms with van der Waals surface area (Å²) in [5, 5.41) is 15.6. The van der Waals surface area contributed by atoms with Gasteiger partial charge in [-0.1, -0.05) is 37.3 Å². The maximum Gasteiger partial charge on any atom is 0.191 e. The predicted molar refractivity (Wildman–Crippen MR) is 94.6 cm³/mol. The summed E-state index contributed by atoms with van der Waals surface area (Å²) in [7, 11) is -2.99. The Morgan fingerprint density at radius 2 is 1.91 bits per heavy atom. The van der Waals surface area contributed by atoms with Crippen LogP contribution in [0.1, 0.15) is 25.3 Å². The van der Waals surface area contributed by atoms with E-state index in [0.717, 1.165) is 5.56 Å². The molecule has 0 aliphatic rings. The zero-order valence-electron chi connectivity index (χ0n) is 13.8. The lowest BCUT2D eigenvalue weighted by Gasteiger charge is -2.15. The van der Waals surface area contributed by atoms with E-state index in [0.29, 0.717) is 25.6 Å². The monoisotopic (exact) mass is 341 g/mol. The van der Waals surface area contributed by atoms with Gasteiger partial charge in [-0.2, -0.15) is 0 Å². The molecule has 0 heterocycles. The number of aliphatic hydroxyl groups excluding tert-OH is 1. The normalized spacial score (nSPS) is 13.6. The molecular formula is C16H27N3O3S. The van der Waals surface area contributed by atoms with Crippen LogP contribution in [0, 0.1) is 0 Å². The highest BCUT2D eigenvalue weighted by Crippen LogP contribution is 2.14. The molecule has 0 spiro atoms. The van der Waals surface area contributed by atoms with Gasteiger partial charge in [0.2, 0.25) is 0 Å². The van der Waals surface area contributed by atoms with E-state index in [-0.39, 0.29) is 24.0 Å². The third-order valence-corrected chi connectivity index (χ3v) is 5.16. The minimum Gasteiger partial charge on any atom is -0.396 e. The minimum atomic E-state index is -2.99. The highest BCUT2D eigenvalue weighted by atomic mass is 32.2. The van der Waals surface area contributed by atoms with E-state index in [4.69, 9.17) is 0 Å². The molecule has 0 radical (unpaired) electrons. The molecule has 0 amide bonds. The summed E-state index contributed by atoms with van der Waals surface area (Å²) in [6.07, 6.45) is 0. The molecule has 0 aliphatic heterocycles. The fourth-order valence-corrected chi connectivity index (χ4v) is 2.71. The van der Waals surface area contributed by atoms with Crippen LogP contribution in [0.15, 0.2) is 35.3 Å². The number of hydrogen-bond donors (Lipinski definition) is 3. The van der Waals surface area contributed by atoms with Gasteiger partial charge < -0.3 is 15.7 Å². The van der Waals surface area contributed by atoms with Gasteiger partial charge in [-0.3, -0.25) is 4.99 Å². The molecule has 1 rings (SSSR count). The number of aliphatic imine (C=N–C) groups is 1. The molecule has 1 unspecified atom stereocenters. The van der Waals surface area contributed by atoms with E-state index in [2.05, 4.69) is 15.6 Å². The molecule has 7 heteroatoms. The fraction of sp³-hybridized carbons (Fsp3) is 0.562. The van der Waals surface area contributed by atoms with Crippen molar-refractivity contribution in [3.05, 3.63) is 35.9 Å². The van der Waals surface area contributed by atoms with Crippen molar-refractivity contribution in [3.8, 4) is 0 Å². The molecule has 1 aromatic carbocycles. The minimum absolute atomic E-state index is 0.0110. The first-order chi connectivity index (χ1) is 11.0. The lowest BCUT2D eigenvalue weighted by molar-refractivity contribution is 0.268. The van der Waals surface area contributed by atoms with Crippen LogP contribution >= 0.6 is 0 Å². The van der Waals surface area contributed by atoms with E-state index in [1.807, 2.05) is 37.3 Å². The highest BCUT2D eigenvalue weighted by Gasteiger charge is 2.11. The smallest absolute Gasteiger partial charge is 0.191 e. The van der Waals surface area contributed by atoms with Crippen LogP contribution in [0.5, 0.6) is 0 Å². The molecule has 130 valence electrons. The van der Waals surface area contributed by atoms with Gasteiger partial charge in [-0.05, 0) is 12.5 Å². The Kier molecular flexibility index (Phi) is 8.65.